The van der Waals surface area contributed by atoms with Crippen molar-refractivity contribution in [3.05, 3.63) is 83.6 Å². The van der Waals surface area contributed by atoms with Crippen LogP contribution in [0.3, 0.4) is 0 Å². The minimum absolute atomic E-state index is 0.00910. The van der Waals surface area contributed by atoms with E-state index in [1.54, 1.807) is 18.2 Å². The number of carbonyl (C=O) groups excluding carboxylic acids is 1. The number of rotatable bonds is 16. The van der Waals surface area contributed by atoms with Gasteiger partial charge < -0.3 is 24.8 Å². The molecule has 0 fully saturated rings. The van der Waals surface area contributed by atoms with Crippen molar-refractivity contribution < 1.29 is 45.0 Å². The summed E-state index contributed by atoms with van der Waals surface area (Å²) in [5.74, 6) is -1.51. The van der Waals surface area contributed by atoms with E-state index in [4.69, 9.17) is 14.2 Å². The van der Waals surface area contributed by atoms with Crippen molar-refractivity contribution in [1.29, 1.82) is 0 Å². The Morgan fingerprint density at radius 2 is 1.79 bits per heavy atom. The molecule has 2 aromatic carbocycles. The molecular formula is C37H43F4N7O6SSi. The minimum atomic E-state index is -4.67. The molecule has 56 heavy (non-hydrogen) atoms. The van der Waals surface area contributed by atoms with Crippen molar-refractivity contribution in [3.8, 4) is 22.8 Å². The maximum atomic E-state index is 15.3. The molecule has 0 atom stereocenters. The summed E-state index contributed by atoms with van der Waals surface area (Å²) in [7, 11) is -0.203. The van der Waals surface area contributed by atoms with Gasteiger partial charge in [-0.3, -0.25) is 14.1 Å². The van der Waals surface area contributed by atoms with Gasteiger partial charge >= 0.3 is 6.18 Å². The molecule has 0 spiro atoms. The number of amides is 1. The van der Waals surface area contributed by atoms with Gasteiger partial charge in [0.1, 0.15) is 23.2 Å². The van der Waals surface area contributed by atoms with Crippen LogP contribution in [-0.2, 0) is 34.5 Å². The molecule has 0 aliphatic rings. The third-order valence-electron chi connectivity index (χ3n) is 8.80. The molecule has 3 heterocycles. The number of ether oxygens (including phenoxy) is 3. The lowest BCUT2D eigenvalue weighted by Gasteiger charge is -2.23. The zero-order valence-electron chi connectivity index (χ0n) is 31.9. The molecule has 2 N–H and O–H groups in total. The number of nitrogens with one attached hydrogen (secondary N) is 2. The van der Waals surface area contributed by atoms with Crippen molar-refractivity contribution in [2.24, 2.45) is 0 Å². The van der Waals surface area contributed by atoms with Gasteiger partial charge in [-0.25, -0.2) is 22.5 Å². The highest BCUT2D eigenvalue weighted by Gasteiger charge is 2.31. The van der Waals surface area contributed by atoms with Gasteiger partial charge in [0.25, 0.3) is 15.9 Å². The molecule has 300 valence electrons. The van der Waals surface area contributed by atoms with Gasteiger partial charge in [-0.15, -0.1) is 0 Å². The highest BCUT2D eigenvalue weighted by molar-refractivity contribution is 7.92. The number of benzene rings is 2. The summed E-state index contributed by atoms with van der Waals surface area (Å²) in [5.41, 5.74) is 0.263. The topological polar surface area (TPSA) is 150 Å². The molecule has 0 saturated carbocycles. The summed E-state index contributed by atoms with van der Waals surface area (Å²) in [5, 5.41) is 10.4. The number of nitrogens with zero attached hydrogens (tertiary/aromatic N) is 5. The number of alkyl halides is 3. The molecule has 0 bridgehead atoms. The first-order chi connectivity index (χ1) is 26.4. The Labute approximate surface area is 323 Å². The first-order valence-corrected chi connectivity index (χ1v) is 22.5. The van der Waals surface area contributed by atoms with Crippen LogP contribution in [0.25, 0.3) is 22.2 Å². The summed E-state index contributed by atoms with van der Waals surface area (Å²) < 4.78 is 103. The Morgan fingerprint density at radius 3 is 2.41 bits per heavy atom. The maximum Gasteiger partial charge on any atom is 0.393 e. The van der Waals surface area contributed by atoms with E-state index in [2.05, 4.69) is 45.3 Å². The van der Waals surface area contributed by atoms with E-state index in [0.717, 1.165) is 29.6 Å². The third kappa shape index (κ3) is 9.56. The predicted molar refractivity (Wildman–Crippen MR) is 207 cm³/mol. The predicted octanol–water partition coefficient (Wildman–Crippen LogP) is 6.86. The van der Waals surface area contributed by atoms with Crippen LogP contribution < -0.4 is 24.4 Å². The summed E-state index contributed by atoms with van der Waals surface area (Å²) in [6, 6.07) is 11.8. The van der Waals surface area contributed by atoms with Crippen LogP contribution in [-0.4, -0.2) is 83.2 Å². The number of aromatic nitrogens is 4. The molecule has 5 rings (SSSR count). The fraction of sp³-hybridized carbons (Fsp3) is 0.351. The highest BCUT2D eigenvalue weighted by Crippen LogP contribution is 2.38. The van der Waals surface area contributed by atoms with E-state index in [9.17, 15) is 26.4 Å². The lowest BCUT2D eigenvalue weighted by Crippen LogP contribution is -2.28. The molecule has 3 aromatic heterocycles. The fourth-order valence-corrected chi connectivity index (χ4v) is 7.78. The lowest BCUT2D eigenvalue weighted by atomic mass is 9.99. The number of sulfonamides is 1. The molecule has 19 heteroatoms. The number of pyridine rings is 2. The van der Waals surface area contributed by atoms with Gasteiger partial charge in [0.05, 0.1) is 42.9 Å². The number of hydrogen-bond acceptors (Lipinski definition) is 10. The largest absolute Gasteiger partial charge is 0.497 e. The normalized spacial score (nSPS) is 12.1. The first kappa shape index (κ1) is 41.9. The van der Waals surface area contributed by atoms with Gasteiger partial charge in [-0.1, -0.05) is 19.6 Å². The van der Waals surface area contributed by atoms with Crippen LogP contribution >= 0.6 is 0 Å². The van der Waals surface area contributed by atoms with Crippen molar-refractivity contribution in [1.82, 2.24) is 25.1 Å². The van der Waals surface area contributed by atoms with E-state index in [1.165, 1.54) is 56.5 Å². The minimum Gasteiger partial charge on any atom is -0.497 e. The molecule has 5 aromatic rings. The molecule has 0 aliphatic heterocycles. The summed E-state index contributed by atoms with van der Waals surface area (Å²) >= 11 is 0. The van der Waals surface area contributed by atoms with Gasteiger partial charge in [-0.05, 0) is 65.7 Å². The molecule has 0 radical (unpaired) electrons. The molecule has 1 amide bonds. The molecule has 13 nitrogen and oxygen atoms in total. The van der Waals surface area contributed by atoms with Crippen molar-refractivity contribution in [3.63, 3.8) is 0 Å². The van der Waals surface area contributed by atoms with Crippen LogP contribution in [0.1, 0.15) is 21.6 Å². The summed E-state index contributed by atoms with van der Waals surface area (Å²) in [6.45, 7) is 6.69. The smallest absolute Gasteiger partial charge is 0.393 e. The van der Waals surface area contributed by atoms with Crippen molar-refractivity contribution in [2.75, 3.05) is 44.5 Å². The quantitative estimate of drug-likeness (QED) is 0.0614. The van der Waals surface area contributed by atoms with E-state index in [-0.39, 0.29) is 68.8 Å². The standard InChI is InChI=1S/C37H43F4N7O6SSi/c1-42-36(49)34-33-31(48(46-34)22-54-13-14-56(5,6)7)18-29(27-17-28(38)32(53-4)16-23(27)19-37(39,40)41)45-35(33)44-20-24-15-25(52-3)10-11-30(24)47(2)55(50,51)26-9-8-12-43-21-26/h8-12,15-18,21H,13-14,19-20,22H2,1-7H3,(H,42,49)(H,44,45). The molecule has 0 saturated heterocycles. The lowest BCUT2D eigenvalue weighted by molar-refractivity contribution is -0.127. The number of fused-ring (bicyclic) bond motifs is 1. The second-order valence-electron chi connectivity index (χ2n) is 14.0. The monoisotopic (exact) mass is 817 g/mol. The second-order valence-corrected chi connectivity index (χ2v) is 21.6. The average molecular weight is 818 g/mol. The zero-order chi connectivity index (χ0) is 41.0. The Balaban J connectivity index is 1.70. The second kappa shape index (κ2) is 16.8. The van der Waals surface area contributed by atoms with Gasteiger partial charge in [0, 0.05) is 53.3 Å². The van der Waals surface area contributed by atoms with Gasteiger partial charge in [-0.2, -0.15) is 18.3 Å². The SMILES string of the molecule is CNC(=O)c1nn(COCC[Si](C)(C)C)c2cc(-c3cc(F)c(OC)cc3CC(F)(F)F)nc(NCc3cc(OC)ccc3N(C)S(=O)(=O)c3cccnc3)c12. The average Bonchev–Trinajstić information content (AvgIpc) is 3.53. The Bertz CT molecular complexity index is 2320. The number of methoxy groups -OCH3 is 2. The Kier molecular flexibility index (Phi) is 12.6. The van der Waals surface area contributed by atoms with E-state index in [0.29, 0.717) is 17.9 Å². The van der Waals surface area contributed by atoms with E-state index in [1.807, 2.05) is 0 Å². The Morgan fingerprint density at radius 1 is 1.04 bits per heavy atom. The van der Waals surface area contributed by atoms with E-state index >= 15 is 4.39 Å². The zero-order valence-corrected chi connectivity index (χ0v) is 33.7. The summed E-state index contributed by atoms with van der Waals surface area (Å²) in [4.78, 5) is 21.9. The van der Waals surface area contributed by atoms with E-state index < -0.39 is 42.4 Å². The van der Waals surface area contributed by atoms with Crippen LogP contribution in [0, 0.1) is 5.82 Å². The number of anilines is 2. The number of halogens is 4. The van der Waals surface area contributed by atoms with Gasteiger partial charge in [0.15, 0.2) is 17.3 Å². The van der Waals surface area contributed by atoms with Gasteiger partial charge in [0.2, 0.25) is 0 Å². The molecule has 0 aliphatic carbocycles. The maximum absolute atomic E-state index is 15.3. The number of carbonyl (C=O) groups is 1. The van der Waals surface area contributed by atoms with Crippen molar-refractivity contribution in [2.45, 2.75) is 56.5 Å². The fourth-order valence-electron chi connectivity index (χ4n) is 5.82. The van der Waals surface area contributed by atoms with Crippen LogP contribution in [0.2, 0.25) is 25.7 Å². The third-order valence-corrected chi connectivity index (χ3v) is 12.3. The number of hydrogen-bond donors (Lipinski definition) is 2. The highest BCUT2D eigenvalue weighted by atomic mass is 32.2. The summed E-state index contributed by atoms with van der Waals surface area (Å²) in [6.07, 6.45) is -3.42. The van der Waals surface area contributed by atoms with Crippen LogP contribution in [0.5, 0.6) is 11.5 Å². The molecular weight excluding hydrogens is 775 g/mol. The van der Waals surface area contributed by atoms with Crippen LogP contribution in [0.15, 0.2) is 65.8 Å². The molecule has 0 unspecified atom stereocenters. The Hall–Kier alpha value is -5.27. The van der Waals surface area contributed by atoms with Crippen molar-refractivity contribution >= 4 is 46.4 Å². The van der Waals surface area contributed by atoms with Crippen LogP contribution in [0.4, 0.5) is 29.1 Å². The first-order valence-electron chi connectivity index (χ1n) is 17.3.